The van der Waals surface area contributed by atoms with Crippen LogP contribution in [0, 0.1) is 0 Å². The van der Waals surface area contributed by atoms with E-state index in [0.717, 1.165) is 17.1 Å². The Morgan fingerprint density at radius 1 is 0.321 bits per heavy atom. The lowest BCUT2D eigenvalue weighted by atomic mass is 9.67. The molecule has 12 rings (SSSR count). The molecule has 2 aliphatic rings. The van der Waals surface area contributed by atoms with E-state index in [9.17, 15) is 0 Å². The molecule has 0 saturated heterocycles. The van der Waals surface area contributed by atoms with Crippen LogP contribution in [-0.4, -0.2) is 0 Å². The largest absolute Gasteiger partial charge is 0.456 e. The molecule has 0 atom stereocenters. The maximum atomic E-state index is 6.51. The molecule has 0 aromatic heterocycles. The van der Waals surface area contributed by atoms with Gasteiger partial charge in [0, 0.05) is 10.9 Å². The van der Waals surface area contributed by atoms with Crippen LogP contribution >= 0.6 is 0 Å². The van der Waals surface area contributed by atoms with Crippen molar-refractivity contribution in [2.24, 2.45) is 0 Å². The molecular weight excluding hydrogens is 677 g/mol. The average molecular weight is 711 g/mol. The molecule has 0 bridgehead atoms. The van der Waals surface area contributed by atoms with Gasteiger partial charge in [0.25, 0.3) is 0 Å². The fraction of sp³-hybridized carbons (Fsp3) is 0.0182. The van der Waals surface area contributed by atoms with Crippen LogP contribution in [0.2, 0.25) is 0 Å². The van der Waals surface area contributed by atoms with E-state index in [1.807, 2.05) is 0 Å². The highest BCUT2D eigenvalue weighted by molar-refractivity contribution is 6.10. The van der Waals surface area contributed by atoms with E-state index in [1.54, 1.807) is 0 Å². The Morgan fingerprint density at radius 2 is 0.946 bits per heavy atom. The van der Waals surface area contributed by atoms with E-state index in [2.05, 4.69) is 206 Å². The van der Waals surface area contributed by atoms with Gasteiger partial charge in [0.05, 0.1) is 5.41 Å². The summed E-state index contributed by atoms with van der Waals surface area (Å²) in [7, 11) is 0. The predicted octanol–water partition coefficient (Wildman–Crippen LogP) is 14.6. The van der Waals surface area contributed by atoms with Crippen molar-refractivity contribution in [3.63, 3.8) is 0 Å². The summed E-state index contributed by atoms with van der Waals surface area (Å²) in [6.45, 7) is 0. The average Bonchev–Trinajstić information content (AvgIpc) is 3.57. The van der Waals surface area contributed by atoms with E-state index >= 15 is 0 Å². The highest BCUT2D eigenvalue weighted by atomic mass is 16.5. The molecule has 1 aliphatic carbocycles. The van der Waals surface area contributed by atoms with Crippen LogP contribution in [0.1, 0.15) is 22.3 Å². The minimum absolute atomic E-state index is 0.498. The van der Waals surface area contributed by atoms with Crippen molar-refractivity contribution in [3.8, 4) is 56.0 Å². The molecular formula is C55H34O. The Hall–Kier alpha value is -7.22. The van der Waals surface area contributed by atoms with Crippen molar-refractivity contribution in [1.82, 2.24) is 0 Å². The molecule has 56 heavy (non-hydrogen) atoms. The summed E-state index contributed by atoms with van der Waals surface area (Å²) < 4.78 is 6.51. The summed E-state index contributed by atoms with van der Waals surface area (Å²) in [6.07, 6.45) is 0. The first-order valence-electron chi connectivity index (χ1n) is 19.4. The van der Waals surface area contributed by atoms with Crippen LogP contribution in [0.4, 0.5) is 0 Å². The van der Waals surface area contributed by atoms with Crippen LogP contribution in [0.5, 0.6) is 11.5 Å². The van der Waals surface area contributed by atoms with Gasteiger partial charge in [0.1, 0.15) is 11.5 Å². The monoisotopic (exact) mass is 710 g/mol. The van der Waals surface area contributed by atoms with Crippen molar-refractivity contribution < 1.29 is 4.74 Å². The van der Waals surface area contributed by atoms with Crippen molar-refractivity contribution in [3.05, 3.63) is 229 Å². The fourth-order valence-corrected chi connectivity index (χ4v) is 9.88. The molecule has 0 saturated carbocycles. The predicted molar refractivity (Wildman–Crippen MR) is 233 cm³/mol. The smallest absolute Gasteiger partial charge is 0.135 e. The Kier molecular flexibility index (Phi) is 6.62. The lowest BCUT2D eigenvalue weighted by Gasteiger charge is -2.34. The van der Waals surface area contributed by atoms with Crippen molar-refractivity contribution in [2.75, 3.05) is 0 Å². The summed E-state index contributed by atoms with van der Waals surface area (Å²) in [5.74, 6) is 1.81. The van der Waals surface area contributed by atoms with Gasteiger partial charge in [-0.2, -0.15) is 0 Å². The first-order valence-corrected chi connectivity index (χ1v) is 19.4. The zero-order valence-electron chi connectivity index (χ0n) is 30.5. The highest BCUT2D eigenvalue weighted by Gasteiger charge is 2.46. The van der Waals surface area contributed by atoms with Crippen LogP contribution in [-0.2, 0) is 5.41 Å². The molecule has 1 nitrogen and oxygen atoms in total. The molecule has 0 spiro atoms. The molecule has 0 N–H and O–H groups in total. The van der Waals surface area contributed by atoms with Gasteiger partial charge in [-0.3, -0.25) is 0 Å². The molecule has 1 aliphatic heterocycles. The number of benzene rings is 10. The maximum absolute atomic E-state index is 6.51. The highest BCUT2D eigenvalue weighted by Crippen LogP contribution is 2.59. The number of hydrogen-bond acceptors (Lipinski definition) is 1. The molecule has 10 aromatic carbocycles. The molecule has 0 unspecified atom stereocenters. The summed E-state index contributed by atoms with van der Waals surface area (Å²) in [6, 6.07) is 76.0. The van der Waals surface area contributed by atoms with Crippen molar-refractivity contribution >= 4 is 32.3 Å². The number of fused-ring (bicyclic) bond motifs is 8. The Morgan fingerprint density at radius 3 is 1.75 bits per heavy atom. The van der Waals surface area contributed by atoms with Gasteiger partial charge in [0.15, 0.2) is 0 Å². The van der Waals surface area contributed by atoms with Gasteiger partial charge in [-0.1, -0.05) is 176 Å². The SMILES string of the molecule is c1ccc(C2(c3ccccc3)c3ccc(-c4ccc5c(c4)-c4cccc6cccc(c46)O5)cc3-c3c2ccc2c(-c4ccc5ccccc5c4)cccc32)cc1. The summed E-state index contributed by atoms with van der Waals surface area (Å²) in [5.41, 5.74) is 14.4. The number of ether oxygens (including phenoxy) is 1. The van der Waals surface area contributed by atoms with Gasteiger partial charge >= 0.3 is 0 Å². The fourth-order valence-electron chi connectivity index (χ4n) is 9.88. The van der Waals surface area contributed by atoms with Crippen LogP contribution in [0.3, 0.4) is 0 Å². The third kappa shape index (κ3) is 4.37. The maximum Gasteiger partial charge on any atom is 0.135 e. The first-order chi connectivity index (χ1) is 27.8. The van der Waals surface area contributed by atoms with E-state index in [1.165, 1.54) is 93.5 Å². The quantitative estimate of drug-likeness (QED) is 0.177. The van der Waals surface area contributed by atoms with E-state index in [-0.39, 0.29) is 0 Å². The molecule has 0 fully saturated rings. The van der Waals surface area contributed by atoms with Crippen molar-refractivity contribution in [1.29, 1.82) is 0 Å². The topological polar surface area (TPSA) is 9.23 Å². The third-order valence-corrected chi connectivity index (χ3v) is 12.3. The zero-order chi connectivity index (χ0) is 36.8. The molecule has 0 amide bonds. The summed E-state index contributed by atoms with van der Waals surface area (Å²) in [5, 5.41) is 7.39. The van der Waals surface area contributed by atoms with Gasteiger partial charge in [-0.05, 0) is 118 Å². The first kappa shape index (κ1) is 31.2. The van der Waals surface area contributed by atoms with E-state index in [4.69, 9.17) is 4.74 Å². The third-order valence-electron chi connectivity index (χ3n) is 12.3. The standard InChI is InChI=1S/C55H34O/c1-3-16-41(17-4-1)55(42-18-5-2-6-19-42)49-29-26-38(39-27-31-51-47(33-39)46-21-9-14-36-15-10-23-52(56-51)53(36)46)34-48(49)54-45-22-11-20-43(44(45)28-30-50(54)55)40-25-24-35-12-7-8-13-37(35)32-40/h1-34H. The van der Waals surface area contributed by atoms with Gasteiger partial charge < -0.3 is 4.74 Å². The Balaban J connectivity index is 1.13. The lowest BCUT2D eigenvalue weighted by Crippen LogP contribution is -2.28. The summed E-state index contributed by atoms with van der Waals surface area (Å²) >= 11 is 0. The second-order valence-corrected chi connectivity index (χ2v) is 15.2. The minimum atomic E-state index is -0.498. The molecule has 10 aromatic rings. The number of hydrogen-bond donors (Lipinski definition) is 0. The number of rotatable bonds is 4. The summed E-state index contributed by atoms with van der Waals surface area (Å²) in [4.78, 5) is 0. The van der Waals surface area contributed by atoms with Crippen molar-refractivity contribution in [2.45, 2.75) is 5.41 Å². The molecule has 1 heterocycles. The van der Waals surface area contributed by atoms with Gasteiger partial charge in [0.2, 0.25) is 0 Å². The van der Waals surface area contributed by atoms with Gasteiger partial charge in [-0.15, -0.1) is 0 Å². The Labute approximate surface area is 325 Å². The molecule has 260 valence electrons. The normalized spacial score (nSPS) is 13.3. The van der Waals surface area contributed by atoms with Gasteiger partial charge in [-0.25, -0.2) is 0 Å². The molecule has 0 radical (unpaired) electrons. The second kappa shape index (κ2) is 11.9. The van der Waals surface area contributed by atoms with E-state index < -0.39 is 5.41 Å². The van der Waals surface area contributed by atoms with Crippen LogP contribution in [0.25, 0.3) is 76.8 Å². The lowest BCUT2D eigenvalue weighted by molar-refractivity contribution is 0.487. The Bertz CT molecular complexity index is 3170. The van der Waals surface area contributed by atoms with Crippen LogP contribution in [0.15, 0.2) is 206 Å². The van der Waals surface area contributed by atoms with Crippen LogP contribution < -0.4 is 4.74 Å². The minimum Gasteiger partial charge on any atom is -0.456 e. The molecule has 1 heteroatoms. The second-order valence-electron chi connectivity index (χ2n) is 15.2. The zero-order valence-corrected chi connectivity index (χ0v) is 30.5. The van der Waals surface area contributed by atoms with E-state index in [0.29, 0.717) is 0 Å².